The number of halogens is 1. The summed E-state index contributed by atoms with van der Waals surface area (Å²) in [4.78, 5) is 24.6. The molecule has 0 saturated carbocycles. The highest BCUT2D eigenvalue weighted by molar-refractivity contribution is 5.77. The first kappa shape index (κ1) is 16.1. The van der Waals surface area contributed by atoms with E-state index in [2.05, 4.69) is 4.74 Å². The van der Waals surface area contributed by atoms with Crippen LogP contribution in [-0.4, -0.2) is 37.0 Å². The Morgan fingerprint density at radius 2 is 1.85 bits per heavy atom. The van der Waals surface area contributed by atoms with Gasteiger partial charge in [0.05, 0.1) is 13.5 Å². The zero-order valence-electron chi connectivity index (χ0n) is 11.9. The molecule has 0 bridgehead atoms. The first-order valence-corrected chi connectivity index (χ1v) is 6.65. The van der Waals surface area contributed by atoms with E-state index in [4.69, 9.17) is 0 Å². The van der Waals surface area contributed by atoms with Crippen LogP contribution in [0.1, 0.15) is 25.3 Å². The lowest BCUT2D eigenvalue weighted by Crippen LogP contribution is -2.34. The molecule has 1 aromatic rings. The Morgan fingerprint density at radius 1 is 1.20 bits per heavy atom. The molecule has 1 rings (SSSR count). The third-order valence-electron chi connectivity index (χ3n) is 3.05. The van der Waals surface area contributed by atoms with Gasteiger partial charge in [0.2, 0.25) is 5.91 Å². The first-order valence-electron chi connectivity index (χ1n) is 6.65. The fraction of sp³-hybridized carbons (Fsp3) is 0.467. The molecule has 5 heteroatoms. The maximum absolute atomic E-state index is 12.8. The average molecular weight is 281 g/mol. The molecule has 0 saturated heterocycles. The monoisotopic (exact) mass is 281 g/mol. The largest absolute Gasteiger partial charge is 0.469 e. The summed E-state index contributed by atoms with van der Waals surface area (Å²) in [5, 5.41) is 0. The molecule has 0 heterocycles. The number of rotatable bonds is 7. The van der Waals surface area contributed by atoms with E-state index in [1.54, 1.807) is 24.0 Å². The van der Waals surface area contributed by atoms with Crippen LogP contribution in [0.15, 0.2) is 24.3 Å². The SMILES string of the molecule is CCC(=O)N(CCC(=O)OC)CCc1ccc(F)cc1. The summed E-state index contributed by atoms with van der Waals surface area (Å²) in [5.41, 5.74) is 0.957. The van der Waals surface area contributed by atoms with Crippen molar-refractivity contribution in [1.29, 1.82) is 0 Å². The summed E-state index contributed by atoms with van der Waals surface area (Å²) >= 11 is 0. The Balaban J connectivity index is 2.53. The predicted molar refractivity (Wildman–Crippen MR) is 73.6 cm³/mol. The van der Waals surface area contributed by atoms with E-state index in [1.807, 2.05) is 0 Å². The van der Waals surface area contributed by atoms with E-state index in [0.29, 0.717) is 25.9 Å². The summed E-state index contributed by atoms with van der Waals surface area (Å²) in [6, 6.07) is 6.19. The fourth-order valence-electron chi connectivity index (χ4n) is 1.83. The normalized spacial score (nSPS) is 10.2. The molecule has 1 aromatic carbocycles. The van der Waals surface area contributed by atoms with E-state index >= 15 is 0 Å². The van der Waals surface area contributed by atoms with Crippen LogP contribution in [0.25, 0.3) is 0 Å². The van der Waals surface area contributed by atoms with Gasteiger partial charge in [-0.3, -0.25) is 9.59 Å². The Kier molecular flexibility index (Phi) is 6.70. The number of hydrogen-bond donors (Lipinski definition) is 0. The highest BCUT2D eigenvalue weighted by Crippen LogP contribution is 2.06. The molecule has 110 valence electrons. The summed E-state index contributed by atoms with van der Waals surface area (Å²) in [6.45, 7) is 2.64. The number of carbonyl (C=O) groups excluding carboxylic acids is 2. The number of hydrogen-bond acceptors (Lipinski definition) is 3. The van der Waals surface area contributed by atoms with Crippen molar-refractivity contribution in [2.24, 2.45) is 0 Å². The van der Waals surface area contributed by atoms with Gasteiger partial charge in [0.15, 0.2) is 0 Å². The Bertz CT molecular complexity index is 445. The highest BCUT2D eigenvalue weighted by Gasteiger charge is 2.13. The van der Waals surface area contributed by atoms with Crippen LogP contribution in [0.3, 0.4) is 0 Å². The molecule has 0 spiro atoms. The molecule has 20 heavy (non-hydrogen) atoms. The van der Waals surface area contributed by atoms with Crippen LogP contribution in [0.4, 0.5) is 4.39 Å². The molecule has 0 atom stereocenters. The molecule has 1 amide bonds. The minimum Gasteiger partial charge on any atom is -0.469 e. The fourth-order valence-corrected chi connectivity index (χ4v) is 1.83. The predicted octanol–water partition coefficient (Wildman–Crippen LogP) is 2.17. The lowest BCUT2D eigenvalue weighted by Gasteiger charge is -2.21. The van der Waals surface area contributed by atoms with Gasteiger partial charge >= 0.3 is 5.97 Å². The Morgan fingerprint density at radius 3 is 2.40 bits per heavy atom. The quantitative estimate of drug-likeness (QED) is 0.720. The summed E-state index contributed by atoms with van der Waals surface area (Å²) < 4.78 is 17.4. The number of carbonyl (C=O) groups is 2. The molecule has 0 aliphatic heterocycles. The van der Waals surface area contributed by atoms with Gasteiger partial charge in [-0.2, -0.15) is 0 Å². The van der Waals surface area contributed by atoms with Gasteiger partial charge in [-0.1, -0.05) is 19.1 Å². The number of benzene rings is 1. The van der Waals surface area contributed by atoms with E-state index in [-0.39, 0.29) is 24.1 Å². The molecule has 0 radical (unpaired) electrons. The van der Waals surface area contributed by atoms with Crippen molar-refractivity contribution in [2.45, 2.75) is 26.2 Å². The van der Waals surface area contributed by atoms with E-state index in [1.165, 1.54) is 19.2 Å². The minimum atomic E-state index is -0.333. The Labute approximate surface area is 118 Å². The van der Waals surface area contributed by atoms with Crippen LogP contribution in [0, 0.1) is 5.82 Å². The van der Waals surface area contributed by atoms with Gasteiger partial charge in [0.1, 0.15) is 5.82 Å². The lowest BCUT2D eigenvalue weighted by molar-refractivity contribution is -0.141. The summed E-state index contributed by atoms with van der Waals surface area (Å²) in [6.07, 6.45) is 1.21. The van der Waals surface area contributed by atoms with Gasteiger partial charge in [0, 0.05) is 19.5 Å². The first-order chi connectivity index (χ1) is 9.56. The molecule has 0 aromatic heterocycles. The number of amides is 1. The van der Waals surface area contributed by atoms with Crippen LogP contribution in [0.5, 0.6) is 0 Å². The third kappa shape index (κ3) is 5.38. The maximum Gasteiger partial charge on any atom is 0.307 e. The van der Waals surface area contributed by atoms with Crippen molar-refractivity contribution in [3.05, 3.63) is 35.6 Å². The number of ether oxygens (including phenoxy) is 1. The van der Waals surface area contributed by atoms with Gasteiger partial charge in [-0.25, -0.2) is 4.39 Å². The van der Waals surface area contributed by atoms with Crippen LogP contribution in [0.2, 0.25) is 0 Å². The standard InChI is InChI=1S/C15H20FNO3/c1-3-14(18)17(11-9-15(19)20-2)10-8-12-4-6-13(16)7-5-12/h4-7H,3,8-11H2,1-2H3. The van der Waals surface area contributed by atoms with Crippen molar-refractivity contribution in [3.8, 4) is 0 Å². The molecule has 0 aliphatic carbocycles. The minimum absolute atomic E-state index is 0.00369. The molecule has 0 aliphatic rings. The van der Waals surface area contributed by atoms with E-state index < -0.39 is 0 Å². The number of nitrogens with zero attached hydrogens (tertiary/aromatic N) is 1. The Hall–Kier alpha value is -1.91. The zero-order chi connectivity index (χ0) is 15.0. The summed E-state index contributed by atoms with van der Waals surface area (Å²) in [5.74, 6) is -0.613. The maximum atomic E-state index is 12.8. The average Bonchev–Trinajstić information content (AvgIpc) is 2.47. The second-order valence-electron chi connectivity index (χ2n) is 4.44. The van der Waals surface area contributed by atoms with Gasteiger partial charge in [0.25, 0.3) is 0 Å². The molecule has 0 fully saturated rings. The van der Waals surface area contributed by atoms with E-state index in [0.717, 1.165) is 5.56 Å². The topological polar surface area (TPSA) is 46.6 Å². The smallest absolute Gasteiger partial charge is 0.307 e. The second kappa shape index (κ2) is 8.30. The highest BCUT2D eigenvalue weighted by atomic mass is 19.1. The van der Waals surface area contributed by atoms with Crippen molar-refractivity contribution < 1.29 is 18.7 Å². The molecular weight excluding hydrogens is 261 g/mol. The van der Waals surface area contributed by atoms with Crippen LogP contribution in [-0.2, 0) is 20.7 Å². The second-order valence-corrected chi connectivity index (χ2v) is 4.44. The van der Waals surface area contributed by atoms with Crippen molar-refractivity contribution in [2.75, 3.05) is 20.2 Å². The molecule has 4 nitrogen and oxygen atoms in total. The van der Waals surface area contributed by atoms with Crippen molar-refractivity contribution in [1.82, 2.24) is 4.90 Å². The zero-order valence-corrected chi connectivity index (χ0v) is 11.9. The number of methoxy groups -OCH3 is 1. The lowest BCUT2D eigenvalue weighted by atomic mass is 10.1. The van der Waals surface area contributed by atoms with E-state index in [9.17, 15) is 14.0 Å². The summed E-state index contributed by atoms with van der Waals surface area (Å²) in [7, 11) is 1.33. The third-order valence-corrected chi connectivity index (χ3v) is 3.05. The molecule has 0 N–H and O–H groups in total. The number of esters is 1. The molecule has 0 unspecified atom stereocenters. The van der Waals surface area contributed by atoms with Gasteiger partial charge in [-0.15, -0.1) is 0 Å². The van der Waals surface area contributed by atoms with Crippen LogP contribution < -0.4 is 0 Å². The van der Waals surface area contributed by atoms with Crippen LogP contribution >= 0.6 is 0 Å². The van der Waals surface area contributed by atoms with Crippen molar-refractivity contribution in [3.63, 3.8) is 0 Å². The van der Waals surface area contributed by atoms with Gasteiger partial charge < -0.3 is 9.64 Å². The van der Waals surface area contributed by atoms with Crippen molar-refractivity contribution >= 4 is 11.9 Å². The molecular formula is C15H20FNO3. The van der Waals surface area contributed by atoms with Gasteiger partial charge in [-0.05, 0) is 24.1 Å².